The van der Waals surface area contributed by atoms with Crippen LogP contribution in [0, 0.1) is 33.6 Å². The third-order valence-electron chi connectivity index (χ3n) is 9.69. The summed E-state index contributed by atoms with van der Waals surface area (Å²) in [4.78, 5) is 12.6. The minimum Gasteiger partial charge on any atom is -0.294 e. The number of fused-ring (bicyclic) bond motifs is 2. The van der Waals surface area contributed by atoms with E-state index in [1.54, 1.807) is 0 Å². The van der Waals surface area contributed by atoms with Crippen LogP contribution < -0.4 is 0 Å². The first kappa shape index (κ1) is 36.1. The summed E-state index contributed by atoms with van der Waals surface area (Å²) in [6.07, 6.45) is 4.32. The maximum absolute atomic E-state index is 12.6. The smallest absolute Gasteiger partial charge is 0.166 e. The molecule has 0 saturated carbocycles. The van der Waals surface area contributed by atoms with E-state index in [9.17, 15) is 4.79 Å². The standard InChI is InChI=1S/C23H28.C21H24O.C2H6/c1-14-8-15(2)11-19(10-14)22-17(4)21(23(5,6)7)13-18-9-16(3)12-20(18)22;1-13-11-16-17(20(13)22)12-18(21(3,4)5)14(2)19(16)15-9-7-6-8-10-15;1-2/h8-11,13H,12H2,1-7H3;6-10,12-13H,11H2,1-5H3;1-2H3. The van der Waals surface area contributed by atoms with E-state index in [2.05, 4.69) is 137 Å². The van der Waals surface area contributed by atoms with Crippen LogP contribution in [0.5, 0.6) is 0 Å². The predicted molar refractivity (Wildman–Crippen MR) is 206 cm³/mol. The second-order valence-electron chi connectivity index (χ2n) is 15.8. The molecule has 0 heterocycles. The highest BCUT2D eigenvalue weighted by atomic mass is 16.1. The van der Waals surface area contributed by atoms with Gasteiger partial charge in [-0.15, -0.1) is 0 Å². The number of ketones is 1. The van der Waals surface area contributed by atoms with E-state index in [0.29, 0.717) is 5.78 Å². The van der Waals surface area contributed by atoms with Crippen LogP contribution in [-0.4, -0.2) is 5.78 Å². The molecule has 0 aromatic heterocycles. The molecule has 6 rings (SSSR count). The van der Waals surface area contributed by atoms with Gasteiger partial charge in [-0.1, -0.05) is 140 Å². The Morgan fingerprint density at radius 3 is 1.68 bits per heavy atom. The molecule has 248 valence electrons. The normalized spacial score (nSPS) is 15.2. The van der Waals surface area contributed by atoms with E-state index >= 15 is 0 Å². The molecule has 0 amide bonds. The summed E-state index contributed by atoms with van der Waals surface area (Å²) >= 11 is 0. The van der Waals surface area contributed by atoms with Crippen molar-refractivity contribution in [1.29, 1.82) is 0 Å². The fourth-order valence-electron chi connectivity index (χ4n) is 7.77. The second-order valence-corrected chi connectivity index (χ2v) is 15.8. The third kappa shape index (κ3) is 7.40. The maximum Gasteiger partial charge on any atom is 0.166 e. The van der Waals surface area contributed by atoms with Gasteiger partial charge in [0, 0.05) is 11.5 Å². The number of benzene rings is 4. The third-order valence-corrected chi connectivity index (χ3v) is 9.69. The Morgan fingerprint density at radius 2 is 1.15 bits per heavy atom. The van der Waals surface area contributed by atoms with Crippen LogP contribution in [0.25, 0.3) is 28.3 Å². The topological polar surface area (TPSA) is 17.1 Å². The first-order valence-corrected chi connectivity index (χ1v) is 17.7. The van der Waals surface area contributed by atoms with Gasteiger partial charge in [0.2, 0.25) is 0 Å². The van der Waals surface area contributed by atoms with Gasteiger partial charge in [0.25, 0.3) is 0 Å². The predicted octanol–water partition coefficient (Wildman–Crippen LogP) is 12.9. The SMILES string of the molecule is CC.CC1=Cc2cc(C(C)(C)C)c(C)c(-c3cc(C)cc(C)c3)c2C1.Cc1c(C(C)(C)C)cc2c(c1-c1ccccc1)CC(C)C2=O. The highest BCUT2D eigenvalue weighted by Gasteiger charge is 2.33. The Morgan fingerprint density at radius 1 is 0.638 bits per heavy atom. The van der Waals surface area contributed by atoms with E-state index in [1.165, 1.54) is 77.9 Å². The molecule has 0 radical (unpaired) electrons. The van der Waals surface area contributed by atoms with Gasteiger partial charge in [-0.05, 0) is 126 Å². The van der Waals surface area contributed by atoms with Gasteiger partial charge in [0.05, 0.1) is 0 Å². The number of carbonyl (C=O) groups is 1. The van der Waals surface area contributed by atoms with Gasteiger partial charge in [-0.25, -0.2) is 0 Å². The summed E-state index contributed by atoms with van der Waals surface area (Å²) in [5, 5.41) is 0. The van der Waals surface area contributed by atoms with Crippen LogP contribution in [0.4, 0.5) is 0 Å². The summed E-state index contributed by atoms with van der Waals surface area (Å²) in [5.41, 5.74) is 20.4. The zero-order chi connectivity index (χ0) is 35.0. The van der Waals surface area contributed by atoms with Crippen molar-refractivity contribution in [3.8, 4) is 22.3 Å². The Balaban J connectivity index is 0.000000202. The van der Waals surface area contributed by atoms with Gasteiger partial charge < -0.3 is 0 Å². The minimum atomic E-state index is 0.0365. The average molecular weight is 627 g/mol. The highest BCUT2D eigenvalue weighted by Crippen LogP contribution is 2.43. The van der Waals surface area contributed by atoms with E-state index < -0.39 is 0 Å². The zero-order valence-electron chi connectivity index (χ0n) is 31.8. The molecule has 0 saturated heterocycles. The summed E-state index contributed by atoms with van der Waals surface area (Å²) in [6, 6.07) is 22.0. The molecule has 1 nitrogen and oxygen atoms in total. The molecule has 1 heteroatoms. The molecule has 1 unspecified atom stereocenters. The number of hydrogen-bond acceptors (Lipinski definition) is 1. The molecular formula is C46H58O. The molecular weight excluding hydrogens is 569 g/mol. The van der Waals surface area contributed by atoms with Crippen LogP contribution in [0.2, 0.25) is 0 Å². The molecule has 2 aliphatic carbocycles. The van der Waals surface area contributed by atoms with E-state index in [1.807, 2.05) is 26.8 Å². The van der Waals surface area contributed by atoms with Crippen LogP contribution in [-0.2, 0) is 23.7 Å². The maximum atomic E-state index is 12.6. The highest BCUT2D eigenvalue weighted by molar-refractivity contribution is 6.04. The number of allylic oxidation sites excluding steroid dienone is 1. The molecule has 2 aliphatic rings. The zero-order valence-corrected chi connectivity index (χ0v) is 31.8. The molecule has 4 aromatic rings. The van der Waals surface area contributed by atoms with Gasteiger partial charge in [-0.3, -0.25) is 4.79 Å². The van der Waals surface area contributed by atoms with Crippen molar-refractivity contribution in [3.05, 3.63) is 122 Å². The van der Waals surface area contributed by atoms with Crippen LogP contribution >= 0.6 is 0 Å². The number of hydrogen-bond donors (Lipinski definition) is 0. The van der Waals surface area contributed by atoms with Gasteiger partial charge >= 0.3 is 0 Å². The number of rotatable bonds is 2. The summed E-state index contributed by atoms with van der Waals surface area (Å²) in [7, 11) is 0. The largest absolute Gasteiger partial charge is 0.294 e. The van der Waals surface area contributed by atoms with Crippen molar-refractivity contribution >= 4 is 11.9 Å². The van der Waals surface area contributed by atoms with Gasteiger partial charge in [-0.2, -0.15) is 0 Å². The van der Waals surface area contributed by atoms with Crippen molar-refractivity contribution < 1.29 is 4.79 Å². The molecule has 0 fully saturated rings. The van der Waals surface area contributed by atoms with Crippen molar-refractivity contribution in [3.63, 3.8) is 0 Å². The van der Waals surface area contributed by atoms with Crippen molar-refractivity contribution in [2.75, 3.05) is 0 Å². The van der Waals surface area contributed by atoms with Crippen LogP contribution in [0.1, 0.15) is 130 Å². The van der Waals surface area contributed by atoms with E-state index in [-0.39, 0.29) is 16.7 Å². The molecule has 47 heavy (non-hydrogen) atoms. The lowest BCUT2D eigenvalue weighted by Gasteiger charge is -2.26. The molecule has 0 spiro atoms. The van der Waals surface area contributed by atoms with Gasteiger partial charge in [0.15, 0.2) is 5.78 Å². The molecule has 1 atom stereocenters. The first-order chi connectivity index (χ1) is 22.0. The second kappa shape index (κ2) is 13.8. The fraction of sp³-hybridized carbons (Fsp3) is 0.413. The molecule has 4 aromatic carbocycles. The Kier molecular flexibility index (Phi) is 10.6. The lowest BCUT2D eigenvalue weighted by molar-refractivity contribution is 0.0946. The summed E-state index contributed by atoms with van der Waals surface area (Å²) in [5.74, 6) is 0.407. The quantitative estimate of drug-likeness (QED) is 0.216. The number of Topliss-reactive ketones (excluding diaryl/α,β-unsaturated/α-hetero) is 1. The molecule has 0 aliphatic heterocycles. The summed E-state index contributed by atoms with van der Waals surface area (Å²) in [6.45, 7) is 30.8. The van der Waals surface area contributed by atoms with E-state index in [4.69, 9.17) is 0 Å². The average Bonchev–Trinajstić information content (AvgIpc) is 3.49. The molecule has 0 N–H and O–H groups in total. The van der Waals surface area contributed by atoms with Crippen molar-refractivity contribution in [2.24, 2.45) is 5.92 Å². The minimum absolute atomic E-state index is 0.0365. The summed E-state index contributed by atoms with van der Waals surface area (Å²) < 4.78 is 0. The Hall–Kier alpha value is -3.71. The lowest BCUT2D eigenvalue weighted by Crippen LogP contribution is -2.15. The number of aryl methyl sites for hydroxylation is 2. The Bertz CT molecular complexity index is 1800. The molecule has 0 bridgehead atoms. The fourth-order valence-corrected chi connectivity index (χ4v) is 7.77. The van der Waals surface area contributed by atoms with Crippen LogP contribution in [0.3, 0.4) is 0 Å². The van der Waals surface area contributed by atoms with Crippen molar-refractivity contribution in [2.45, 2.75) is 121 Å². The van der Waals surface area contributed by atoms with E-state index in [0.717, 1.165) is 18.4 Å². The Labute approximate surface area is 286 Å². The number of carbonyl (C=O) groups excluding carboxylic acids is 1. The first-order valence-electron chi connectivity index (χ1n) is 17.7. The van der Waals surface area contributed by atoms with Crippen LogP contribution in [0.15, 0.2) is 66.2 Å². The van der Waals surface area contributed by atoms with Gasteiger partial charge in [0.1, 0.15) is 0 Å². The monoisotopic (exact) mass is 626 g/mol. The van der Waals surface area contributed by atoms with Crippen molar-refractivity contribution in [1.82, 2.24) is 0 Å². The lowest BCUT2D eigenvalue weighted by atomic mass is 9.78.